The van der Waals surface area contributed by atoms with Gasteiger partial charge in [0, 0.05) is 0 Å². The van der Waals surface area contributed by atoms with Crippen molar-refractivity contribution >= 4 is 29.0 Å². The Morgan fingerprint density at radius 2 is 1.95 bits per heavy atom. The maximum atomic E-state index is 12.1. The summed E-state index contributed by atoms with van der Waals surface area (Å²) in [5, 5.41) is -0.254. The molecule has 0 aromatic heterocycles. The highest BCUT2D eigenvalue weighted by Gasteiger charge is 2.34. The highest BCUT2D eigenvalue weighted by atomic mass is 32.2. The van der Waals surface area contributed by atoms with Crippen LogP contribution in [0.3, 0.4) is 0 Å². The Morgan fingerprint density at radius 1 is 1.24 bits per heavy atom. The molecule has 21 heavy (non-hydrogen) atoms. The molecule has 1 saturated heterocycles. The molecule has 3 N–H and O–H groups in total. The minimum absolute atomic E-state index is 0.254. The first-order chi connectivity index (χ1) is 10.1. The average molecular weight is 309 g/mol. The van der Waals surface area contributed by atoms with Crippen molar-refractivity contribution in [2.75, 3.05) is 27.3 Å². The number of thioether (sulfide) groups is 1. The predicted octanol–water partition coefficient (Wildman–Crippen LogP) is 0.982. The van der Waals surface area contributed by atoms with Crippen molar-refractivity contribution in [3.8, 4) is 11.5 Å². The quantitative estimate of drug-likeness (QED) is 0.820. The van der Waals surface area contributed by atoms with Crippen LogP contribution in [0.1, 0.15) is 5.56 Å². The number of quaternary nitrogens is 1. The van der Waals surface area contributed by atoms with E-state index in [1.807, 2.05) is 0 Å². The number of methoxy groups -OCH3 is 2. The molecular formula is C14H17N2O4S+. The van der Waals surface area contributed by atoms with Gasteiger partial charge < -0.3 is 15.2 Å². The molecule has 7 heteroatoms. The van der Waals surface area contributed by atoms with Crippen LogP contribution in [-0.2, 0) is 4.79 Å². The van der Waals surface area contributed by atoms with Gasteiger partial charge in [-0.3, -0.25) is 14.5 Å². The molecule has 0 bridgehead atoms. The molecule has 1 aliphatic heterocycles. The zero-order chi connectivity index (χ0) is 15.4. The van der Waals surface area contributed by atoms with Gasteiger partial charge in [-0.05, 0) is 35.5 Å². The van der Waals surface area contributed by atoms with Crippen LogP contribution in [0.5, 0.6) is 11.5 Å². The molecule has 1 aromatic carbocycles. The molecule has 1 heterocycles. The summed E-state index contributed by atoms with van der Waals surface area (Å²) in [6, 6.07) is 5.32. The van der Waals surface area contributed by atoms with Crippen molar-refractivity contribution in [1.29, 1.82) is 0 Å². The van der Waals surface area contributed by atoms with Crippen LogP contribution >= 0.6 is 11.8 Å². The summed E-state index contributed by atoms with van der Waals surface area (Å²) in [5.74, 6) is 0.909. The molecule has 0 atom stereocenters. The van der Waals surface area contributed by atoms with E-state index in [0.29, 0.717) is 29.5 Å². The number of carbonyl (C=O) groups is 2. The van der Waals surface area contributed by atoms with Gasteiger partial charge in [-0.2, -0.15) is 0 Å². The van der Waals surface area contributed by atoms with E-state index in [1.165, 1.54) is 4.90 Å². The zero-order valence-corrected chi connectivity index (χ0v) is 12.7. The second kappa shape index (κ2) is 6.64. The van der Waals surface area contributed by atoms with Crippen molar-refractivity contribution < 1.29 is 24.8 Å². The van der Waals surface area contributed by atoms with Gasteiger partial charge in [0.2, 0.25) is 0 Å². The summed E-state index contributed by atoms with van der Waals surface area (Å²) in [6.45, 7) is 0.843. The molecule has 6 nitrogen and oxygen atoms in total. The second-order valence-electron chi connectivity index (χ2n) is 4.30. The maximum Gasteiger partial charge on any atom is 0.293 e. The van der Waals surface area contributed by atoms with Gasteiger partial charge in [-0.1, -0.05) is 6.07 Å². The first kappa shape index (κ1) is 15.4. The van der Waals surface area contributed by atoms with Crippen LogP contribution in [0.25, 0.3) is 6.08 Å². The molecule has 0 spiro atoms. The third-order valence-corrected chi connectivity index (χ3v) is 3.87. The van der Waals surface area contributed by atoms with Crippen molar-refractivity contribution in [3.63, 3.8) is 0 Å². The van der Waals surface area contributed by atoms with Gasteiger partial charge in [0.05, 0.1) is 32.2 Å². The first-order valence-electron chi connectivity index (χ1n) is 6.37. The predicted molar refractivity (Wildman–Crippen MR) is 80.0 cm³/mol. The summed E-state index contributed by atoms with van der Waals surface area (Å²) in [6.07, 6.45) is 1.68. The molecule has 0 saturated carbocycles. The fraction of sp³-hybridized carbons (Fsp3) is 0.286. The lowest BCUT2D eigenvalue weighted by molar-refractivity contribution is -0.367. The van der Waals surface area contributed by atoms with E-state index in [2.05, 4.69) is 5.73 Å². The lowest BCUT2D eigenvalue weighted by Gasteiger charge is -2.09. The topological polar surface area (TPSA) is 83.5 Å². The number of nitrogens with zero attached hydrogens (tertiary/aromatic N) is 1. The van der Waals surface area contributed by atoms with Crippen LogP contribution in [0.4, 0.5) is 4.79 Å². The second-order valence-corrected chi connectivity index (χ2v) is 5.29. The van der Waals surface area contributed by atoms with Crippen molar-refractivity contribution in [2.24, 2.45) is 0 Å². The Labute approximate surface area is 126 Å². The third kappa shape index (κ3) is 3.20. The van der Waals surface area contributed by atoms with Gasteiger partial charge in [-0.25, -0.2) is 0 Å². The van der Waals surface area contributed by atoms with Crippen LogP contribution in [0.2, 0.25) is 0 Å². The van der Waals surface area contributed by atoms with E-state index in [-0.39, 0.29) is 11.1 Å². The summed E-state index contributed by atoms with van der Waals surface area (Å²) in [5.41, 5.74) is 4.43. The van der Waals surface area contributed by atoms with Gasteiger partial charge in [0.25, 0.3) is 11.1 Å². The van der Waals surface area contributed by atoms with E-state index in [1.54, 1.807) is 38.5 Å². The van der Waals surface area contributed by atoms with Crippen molar-refractivity contribution in [1.82, 2.24) is 4.90 Å². The Morgan fingerprint density at radius 3 is 2.57 bits per heavy atom. The summed E-state index contributed by atoms with van der Waals surface area (Å²) in [4.78, 5) is 25.5. The number of ether oxygens (including phenoxy) is 2. The summed E-state index contributed by atoms with van der Waals surface area (Å²) < 4.78 is 10.4. The molecule has 1 aliphatic rings. The molecule has 0 unspecified atom stereocenters. The van der Waals surface area contributed by atoms with E-state index in [9.17, 15) is 9.59 Å². The summed E-state index contributed by atoms with van der Waals surface area (Å²) >= 11 is 0.939. The highest BCUT2D eigenvalue weighted by molar-refractivity contribution is 8.18. The normalized spacial score (nSPS) is 16.7. The Hall–Kier alpha value is -1.99. The number of amides is 2. The molecule has 0 radical (unpaired) electrons. The van der Waals surface area contributed by atoms with Gasteiger partial charge in [0.15, 0.2) is 11.5 Å². The minimum atomic E-state index is -0.275. The number of imide groups is 1. The Balaban J connectivity index is 2.28. The Kier molecular flexibility index (Phi) is 4.87. The fourth-order valence-corrected chi connectivity index (χ4v) is 2.81. The Bertz CT molecular complexity index is 601. The lowest BCUT2D eigenvalue weighted by Crippen LogP contribution is -2.55. The largest absolute Gasteiger partial charge is 0.493 e. The van der Waals surface area contributed by atoms with Crippen molar-refractivity contribution in [2.45, 2.75) is 0 Å². The smallest absolute Gasteiger partial charge is 0.293 e. The SMILES string of the molecule is COc1ccc(/C=C2/SC(=O)N(CC[NH3+])C2=O)cc1OC. The molecule has 2 amide bonds. The number of rotatable bonds is 5. The zero-order valence-electron chi connectivity index (χ0n) is 11.9. The number of hydrogen-bond donors (Lipinski definition) is 1. The molecule has 1 fully saturated rings. The number of hydrogen-bond acceptors (Lipinski definition) is 5. The van der Waals surface area contributed by atoms with Gasteiger partial charge in [0.1, 0.15) is 0 Å². The third-order valence-electron chi connectivity index (χ3n) is 2.96. The van der Waals surface area contributed by atoms with E-state index < -0.39 is 0 Å². The molecule has 2 rings (SSSR count). The number of carbonyl (C=O) groups excluding carboxylic acids is 2. The van der Waals surface area contributed by atoms with Gasteiger partial charge in [-0.15, -0.1) is 0 Å². The van der Waals surface area contributed by atoms with Crippen molar-refractivity contribution in [3.05, 3.63) is 28.7 Å². The first-order valence-corrected chi connectivity index (χ1v) is 7.19. The van der Waals surface area contributed by atoms with Gasteiger partial charge >= 0.3 is 0 Å². The molecule has 1 aromatic rings. The summed E-state index contributed by atoms with van der Waals surface area (Å²) in [7, 11) is 3.10. The van der Waals surface area contributed by atoms with Crippen LogP contribution in [-0.4, -0.2) is 43.4 Å². The monoisotopic (exact) mass is 309 g/mol. The average Bonchev–Trinajstić information content (AvgIpc) is 2.75. The lowest BCUT2D eigenvalue weighted by atomic mass is 10.2. The number of benzene rings is 1. The fourth-order valence-electron chi connectivity index (χ4n) is 1.94. The standard InChI is InChI=1S/C14H16N2O4S/c1-19-10-4-3-9(7-11(10)20-2)8-12-13(17)16(6-5-15)14(18)21-12/h3-4,7-8H,5-6,15H2,1-2H3/p+1/b12-8+. The van der Waals surface area contributed by atoms with E-state index >= 15 is 0 Å². The van der Waals surface area contributed by atoms with Crippen LogP contribution in [0, 0.1) is 0 Å². The van der Waals surface area contributed by atoms with Crippen LogP contribution in [0.15, 0.2) is 23.1 Å². The van der Waals surface area contributed by atoms with E-state index in [4.69, 9.17) is 9.47 Å². The maximum absolute atomic E-state index is 12.1. The van der Waals surface area contributed by atoms with Crippen LogP contribution < -0.4 is 15.2 Å². The van der Waals surface area contributed by atoms with E-state index in [0.717, 1.165) is 17.3 Å². The molecule has 0 aliphatic carbocycles. The molecule has 112 valence electrons. The highest BCUT2D eigenvalue weighted by Crippen LogP contribution is 2.34. The molecular weight excluding hydrogens is 292 g/mol. The minimum Gasteiger partial charge on any atom is -0.493 e.